The first-order valence-electron chi connectivity index (χ1n) is 6.41. The molecule has 0 fully saturated rings. The molecule has 0 spiro atoms. The quantitative estimate of drug-likeness (QED) is 0.736. The number of aryl methyl sites for hydroxylation is 1. The minimum atomic E-state index is -4.35. The number of nitrogens with zero attached hydrogens (tertiary/aromatic N) is 4. The van der Waals surface area contributed by atoms with E-state index in [1.165, 1.54) is 16.0 Å². The number of benzene rings is 1. The van der Waals surface area contributed by atoms with Crippen molar-refractivity contribution in [3.63, 3.8) is 0 Å². The highest BCUT2D eigenvalue weighted by Crippen LogP contribution is 2.25. The fourth-order valence-electron chi connectivity index (χ4n) is 2.06. The molecule has 4 nitrogen and oxygen atoms in total. The average Bonchev–Trinajstić information content (AvgIpc) is 3.06. The molecule has 0 unspecified atom stereocenters. The van der Waals surface area contributed by atoms with E-state index >= 15 is 0 Å². The van der Waals surface area contributed by atoms with E-state index in [4.69, 9.17) is 0 Å². The van der Waals surface area contributed by atoms with Gasteiger partial charge in [-0.3, -0.25) is 0 Å². The van der Waals surface area contributed by atoms with Gasteiger partial charge in [0.15, 0.2) is 0 Å². The van der Waals surface area contributed by atoms with Gasteiger partial charge in [-0.15, -0.1) is 16.4 Å². The van der Waals surface area contributed by atoms with E-state index in [9.17, 15) is 13.2 Å². The van der Waals surface area contributed by atoms with Gasteiger partial charge in [0, 0.05) is 5.38 Å². The van der Waals surface area contributed by atoms with Crippen LogP contribution < -0.4 is 0 Å². The van der Waals surface area contributed by atoms with Gasteiger partial charge >= 0.3 is 6.18 Å². The van der Waals surface area contributed by atoms with Gasteiger partial charge in [0.05, 0.1) is 11.2 Å². The van der Waals surface area contributed by atoms with Crippen LogP contribution in [0.2, 0.25) is 0 Å². The molecule has 0 atom stereocenters. The Bertz CT molecular complexity index is 778. The summed E-state index contributed by atoms with van der Waals surface area (Å²) in [5, 5.41) is 5.92. The van der Waals surface area contributed by atoms with Crippen LogP contribution in [0.4, 0.5) is 13.2 Å². The van der Waals surface area contributed by atoms with E-state index in [1.54, 1.807) is 23.0 Å². The van der Waals surface area contributed by atoms with Gasteiger partial charge in [0.2, 0.25) is 5.82 Å². The predicted octanol–water partition coefficient (Wildman–Crippen LogP) is 3.80. The first-order valence-corrected chi connectivity index (χ1v) is 7.35. The Hall–Kier alpha value is -2.22. The number of halogens is 3. The average molecular weight is 324 g/mol. The van der Waals surface area contributed by atoms with Crippen LogP contribution in [0.15, 0.2) is 35.2 Å². The molecule has 2 aromatic heterocycles. The lowest BCUT2D eigenvalue weighted by Crippen LogP contribution is -2.16. The van der Waals surface area contributed by atoms with Gasteiger partial charge in [-0.25, -0.2) is 14.6 Å². The summed E-state index contributed by atoms with van der Waals surface area (Å²) in [5.41, 5.74) is 3.46. The summed E-state index contributed by atoms with van der Waals surface area (Å²) in [7, 11) is 0. The Morgan fingerprint density at radius 1 is 1.23 bits per heavy atom. The highest BCUT2D eigenvalue weighted by Gasteiger charge is 2.32. The van der Waals surface area contributed by atoms with Crippen molar-refractivity contribution in [3.8, 4) is 17.2 Å². The third-order valence-electron chi connectivity index (χ3n) is 3.04. The lowest BCUT2D eigenvalue weighted by molar-refractivity contribution is -0.128. The molecule has 22 heavy (non-hydrogen) atoms. The molecular weight excluding hydrogens is 313 g/mol. The molecule has 0 N–H and O–H groups in total. The molecule has 0 saturated carbocycles. The fourth-order valence-corrected chi connectivity index (χ4v) is 2.59. The highest BCUT2D eigenvalue weighted by atomic mass is 32.1. The molecule has 2 heterocycles. The molecule has 0 bridgehead atoms. The minimum absolute atomic E-state index is 0.148. The van der Waals surface area contributed by atoms with E-state index in [0.29, 0.717) is 11.4 Å². The van der Waals surface area contributed by atoms with Crippen molar-refractivity contribution in [2.24, 2.45) is 0 Å². The number of alkyl halides is 3. The molecular formula is C14H11F3N4S. The molecule has 0 radical (unpaired) electrons. The van der Waals surface area contributed by atoms with Crippen molar-refractivity contribution >= 4 is 11.3 Å². The second-order valence-electron chi connectivity index (χ2n) is 4.72. The standard InChI is InChI=1S/C14H11F3N4S/c1-9-4-2-3-5-11(9)21-12(6-14(15,16)17)19-13(20-21)10-7-22-8-18-10/h2-5,7-8H,6H2,1H3. The van der Waals surface area contributed by atoms with Crippen LogP contribution in [-0.2, 0) is 6.42 Å². The van der Waals surface area contributed by atoms with E-state index in [2.05, 4.69) is 15.1 Å². The lowest BCUT2D eigenvalue weighted by atomic mass is 10.2. The second-order valence-corrected chi connectivity index (χ2v) is 5.43. The maximum absolute atomic E-state index is 12.8. The van der Waals surface area contributed by atoms with E-state index < -0.39 is 12.6 Å². The zero-order chi connectivity index (χ0) is 15.7. The molecule has 1 aromatic carbocycles. The lowest BCUT2D eigenvalue weighted by Gasteiger charge is -2.10. The van der Waals surface area contributed by atoms with Gasteiger partial charge in [-0.2, -0.15) is 13.2 Å². The Morgan fingerprint density at radius 3 is 2.64 bits per heavy atom. The number of aromatic nitrogens is 4. The molecule has 3 aromatic rings. The predicted molar refractivity (Wildman–Crippen MR) is 77.0 cm³/mol. The van der Waals surface area contributed by atoms with Crippen molar-refractivity contribution in [3.05, 3.63) is 46.5 Å². The van der Waals surface area contributed by atoms with Crippen molar-refractivity contribution in [1.29, 1.82) is 0 Å². The SMILES string of the molecule is Cc1ccccc1-n1nc(-c2cscn2)nc1CC(F)(F)F. The second kappa shape index (κ2) is 5.53. The molecule has 0 aliphatic carbocycles. The smallest absolute Gasteiger partial charge is 0.241 e. The van der Waals surface area contributed by atoms with Crippen LogP contribution in [0.25, 0.3) is 17.2 Å². The molecule has 0 amide bonds. The Balaban J connectivity index is 2.13. The highest BCUT2D eigenvalue weighted by molar-refractivity contribution is 7.07. The number of para-hydroxylation sites is 1. The zero-order valence-electron chi connectivity index (χ0n) is 11.5. The summed E-state index contributed by atoms with van der Waals surface area (Å²) in [6.07, 6.45) is -5.49. The fraction of sp³-hybridized carbons (Fsp3) is 0.214. The van der Waals surface area contributed by atoms with Crippen molar-refractivity contribution in [2.75, 3.05) is 0 Å². The maximum atomic E-state index is 12.8. The molecule has 3 rings (SSSR count). The third-order valence-corrected chi connectivity index (χ3v) is 3.62. The molecule has 0 saturated heterocycles. The number of hydrogen-bond donors (Lipinski definition) is 0. The molecule has 8 heteroatoms. The number of rotatable bonds is 3. The summed E-state index contributed by atoms with van der Waals surface area (Å²) < 4.78 is 39.6. The minimum Gasteiger partial charge on any atom is -0.241 e. The maximum Gasteiger partial charge on any atom is 0.396 e. The topological polar surface area (TPSA) is 43.6 Å². The largest absolute Gasteiger partial charge is 0.396 e. The summed E-state index contributed by atoms with van der Waals surface area (Å²) in [6.45, 7) is 1.82. The molecule has 0 aliphatic heterocycles. The van der Waals surface area contributed by atoms with Crippen LogP contribution in [0.3, 0.4) is 0 Å². The van der Waals surface area contributed by atoms with Crippen LogP contribution >= 0.6 is 11.3 Å². The van der Waals surface area contributed by atoms with Crippen molar-refractivity contribution in [2.45, 2.75) is 19.5 Å². The first-order chi connectivity index (χ1) is 10.4. The van der Waals surface area contributed by atoms with Gasteiger partial charge in [-0.05, 0) is 18.6 Å². The van der Waals surface area contributed by atoms with Crippen LogP contribution in [0.5, 0.6) is 0 Å². The molecule has 114 valence electrons. The van der Waals surface area contributed by atoms with Crippen molar-refractivity contribution < 1.29 is 13.2 Å². The molecule has 0 aliphatic rings. The summed E-state index contributed by atoms with van der Waals surface area (Å²) in [6, 6.07) is 7.11. The van der Waals surface area contributed by atoms with E-state index in [-0.39, 0.29) is 11.6 Å². The van der Waals surface area contributed by atoms with Crippen LogP contribution in [-0.4, -0.2) is 25.9 Å². The van der Waals surface area contributed by atoms with Crippen molar-refractivity contribution in [1.82, 2.24) is 19.7 Å². The van der Waals surface area contributed by atoms with E-state index in [0.717, 1.165) is 5.56 Å². The van der Waals surface area contributed by atoms with Gasteiger partial charge in [0.1, 0.15) is 17.9 Å². The summed E-state index contributed by atoms with van der Waals surface area (Å²) >= 11 is 1.34. The summed E-state index contributed by atoms with van der Waals surface area (Å²) in [5.74, 6) is 0.0496. The monoisotopic (exact) mass is 324 g/mol. The first kappa shape index (κ1) is 14.7. The van der Waals surface area contributed by atoms with Gasteiger partial charge < -0.3 is 0 Å². The normalized spacial score (nSPS) is 11.8. The third kappa shape index (κ3) is 3.01. The zero-order valence-corrected chi connectivity index (χ0v) is 12.3. The summed E-state index contributed by atoms with van der Waals surface area (Å²) in [4.78, 5) is 8.08. The Morgan fingerprint density at radius 2 is 2.00 bits per heavy atom. The van der Waals surface area contributed by atoms with Gasteiger partial charge in [-0.1, -0.05) is 18.2 Å². The van der Waals surface area contributed by atoms with Crippen LogP contribution in [0.1, 0.15) is 11.4 Å². The van der Waals surface area contributed by atoms with Gasteiger partial charge in [0.25, 0.3) is 0 Å². The number of hydrogen-bond acceptors (Lipinski definition) is 4. The van der Waals surface area contributed by atoms with Crippen LogP contribution in [0, 0.1) is 6.92 Å². The Kier molecular flexibility index (Phi) is 3.69. The number of thiazole rings is 1. The van der Waals surface area contributed by atoms with E-state index in [1.807, 2.05) is 19.1 Å². The Labute approximate surface area is 128 Å².